The van der Waals surface area contributed by atoms with Crippen LogP contribution in [0.3, 0.4) is 0 Å². The zero-order valence-electron chi connectivity index (χ0n) is 13.8. The largest absolute Gasteiger partial charge is 0.387 e. The van der Waals surface area contributed by atoms with Gasteiger partial charge in [0.15, 0.2) is 0 Å². The molecule has 4 nitrogen and oxygen atoms in total. The fourth-order valence-corrected chi connectivity index (χ4v) is 2.57. The van der Waals surface area contributed by atoms with Crippen molar-refractivity contribution >= 4 is 16.7 Å². The van der Waals surface area contributed by atoms with Crippen LogP contribution in [0.15, 0.2) is 42.5 Å². The third-order valence-corrected chi connectivity index (χ3v) is 4.06. The molecule has 2 rings (SSSR count). The number of ether oxygens (including phenoxy) is 1. The van der Waals surface area contributed by atoms with Crippen LogP contribution in [-0.4, -0.2) is 31.3 Å². The van der Waals surface area contributed by atoms with Crippen LogP contribution >= 0.6 is 0 Å². The van der Waals surface area contributed by atoms with Crippen LogP contribution in [-0.2, 0) is 9.53 Å². The van der Waals surface area contributed by atoms with Gasteiger partial charge in [-0.05, 0) is 35.2 Å². The first kappa shape index (κ1) is 17.4. The Morgan fingerprint density at radius 1 is 1.22 bits per heavy atom. The number of nitrogens with one attached hydrogen (secondary N) is 1. The molecule has 2 N–H and O–H groups in total. The van der Waals surface area contributed by atoms with Crippen LogP contribution in [0.25, 0.3) is 10.8 Å². The number of carbonyl (C=O) groups is 1. The Bertz CT molecular complexity index is 641. The zero-order chi connectivity index (χ0) is 16.7. The molecule has 124 valence electrons. The molecule has 0 aliphatic rings. The summed E-state index contributed by atoms with van der Waals surface area (Å²) in [5.74, 6) is -0.102. The summed E-state index contributed by atoms with van der Waals surface area (Å²) >= 11 is 0. The van der Waals surface area contributed by atoms with E-state index in [9.17, 15) is 9.90 Å². The summed E-state index contributed by atoms with van der Waals surface area (Å²) in [5, 5.41) is 15.3. The molecule has 0 heterocycles. The van der Waals surface area contributed by atoms with Gasteiger partial charge < -0.3 is 15.2 Å². The monoisotopic (exact) mass is 315 g/mol. The number of amides is 1. The summed E-state index contributed by atoms with van der Waals surface area (Å²) in [4.78, 5) is 12.0. The quantitative estimate of drug-likeness (QED) is 0.736. The number of rotatable bonds is 8. The maximum Gasteiger partial charge on any atom is 0.222 e. The summed E-state index contributed by atoms with van der Waals surface area (Å²) in [6.45, 7) is 2.79. The molecule has 0 fully saturated rings. The number of methoxy groups -OCH3 is 1. The van der Waals surface area contributed by atoms with Crippen LogP contribution in [0.5, 0.6) is 0 Å². The summed E-state index contributed by atoms with van der Waals surface area (Å²) in [5.41, 5.74) is 0.816. The van der Waals surface area contributed by atoms with Crippen molar-refractivity contribution in [1.29, 1.82) is 0 Å². The van der Waals surface area contributed by atoms with E-state index in [-0.39, 0.29) is 18.4 Å². The van der Waals surface area contributed by atoms with Crippen molar-refractivity contribution in [3.8, 4) is 0 Å². The van der Waals surface area contributed by atoms with Crippen molar-refractivity contribution in [2.45, 2.75) is 25.9 Å². The number of benzene rings is 2. The first-order chi connectivity index (χ1) is 11.1. The summed E-state index contributed by atoms with van der Waals surface area (Å²) in [7, 11) is 1.66. The van der Waals surface area contributed by atoms with Crippen molar-refractivity contribution in [3.05, 3.63) is 48.0 Å². The minimum Gasteiger partial charge on any atom is -0.387 e. The zero-order valence-corrected chi connectivity index (χ0v) is 13.8. The highest BCUT2D eigenvalue weighted by atomic mass is 16.5. The number of fused-ring (bicyclic) bond motifs is 1. The second-order valence-corrected chi connectivity index (χ2v) is 5.90. The lowest BCUT2D eigenvalue weighted by Gasteiger charge is -2.16. The molecule has 0 spiro atoms. The van der Waals surface area contributed by atoms with Crippen molar-refractivity contribution in [1.82, 2.24) is 5.32 Å². The van der Waals surface area contributed by atoms with Gasteiger partial charge in [-0.25, -0.2) is 0 Å². The Labute approximate surface area is 137 Å². The topological polar surface area (TPSA) is 58.6 Å². The second kappa shape index (κ2) is 8.65. The van der Waals surface area contributed by atoms with Crippen molar-refractivity contribution < 1.29 is 14.6 Å². The Morgan fingerprint density at radius 3 is 2.70 bits per heavy atom. The van der Waals surface area contributed by atoms with Gasteiger partial charge in [0.1, 0.15) is 0 Å². The predicted octanol–water partition coefficient (Wildman–Crippen LogP) is 3.05. The van der Waals surface area contributed by atoms with E-state index in [1.165, 1.54) is 0 Å². The lowest BCUT2D eigenvalue weighted by atomic mass is 10.0. The fourth-order valence-electron chi connectivity index (χ4n) is 2.57. The first-order valence-corrected chi connectivity index (χ1v) is 8.05. The maximum atomic E-state index is 12.0. The van der Waals surface area contributed by atoms with E-state index in [0.717, 1.165) is 29.2 Å². The molecular weight excluding hydrogens is 290 g/mol. The molecular formula is C19H25NO3. The minimum atomic E-state index is -0.699. The van der Waals surface area contributed by atoms with Crippen LogP contribution in [0.1, 0.15) is 31.4 Å². The van der Waals surface area contributed by atoms with Gasteiger partial charge in [-0.1, -0.05) is 43.3 Å². The third-order valence-electron chi connectivity index (χ3n) is 4.06. The number of carbonyl (C=O) groups excluding carboxylic acids is 1. The molecule has 0 aromatic heterocycles. The predicted molar refractivity (Wildman–Crippen MR) is 92.2 cm³/mol. The van der Waals surface area contributed by atoms with E-state index >= 15 is 0 Å². The first-order valence-electron chi connectivity index (χ1n) is 8.05. The molecule has 0 saturated heterocycles. The van der Waals surface area contributed by atoms with Gasteiger partial charge in [0.05, 0.1) is 6.10 Å². The molecule has 0 radical (unpaired) electrons. The minimum absolute atomic E-state index is 0.0269. The van der Waals surface area contributed by atoms with Gasteiger partial charge in [0.25, 0.3) is 0 Å². The molecule has 0 bridgehead atoms. The molecule has 0 aliphatic heterocycles. The van der Waals surface area contributed by atoms with Gasteiger partial charge in [0.2, 0.25) is 5.91 Å². The standard InChI is InChI=1S/C19H25NO3/c1-14(6-5-11-23-2)19(22)20-13-18(21)17-10-9-15-7-3-4-8-16(15)12-17/h3-4,7-10,12,14,18,21H,5-6,11,13H2,1-2H3,(H,20,22). The molecule has 2 aromatic rings. The van der Waals surface area contributed by atoms with Gasteiger partial charge in [-0.2, -0.15) is 0 Å². The van der Waals surface area contributed by atoms with Gasteiger partial charge in [0, 0.05) is 26.2 Å². The van der Waals surface area contributed by atoms with Crippen LogP contribution < -0.4 is 5.32 Å². The van der Waals surface area contributed by atoms with Crippen LogP contribution in [0.2, 0.25) is 0 Å². The van der Waals surface area contributed by atoms with E-state index in [1.54, 1.807) is 7.11 Å². The smallest absolute Gasteiger partial charge is 0.222 e. The molecule has 2 atom stereocenters. The van der Waals surface area contributed by atoms with E-state index < -0.39 is 6.10 Å². The summed E-state index contributed by atoms with van der Waals surface area (Å²) in [6.07, 6.45) is 0.944. The highest BCUT2D eigenvalue weighted by Crippen LogP contribution is 2.20. The van der Waals surface area contributed by atoms with E-state index in [2.05, 4.69) is 5.32 Å². The number of aliphatic hydroxyl groups is 1. The molecule has 23 heavy (non-hydrogen) atoms. The second-order valence-electron chi connectivity index (χ2n) is 5.90. The molecule has 4 heteroatoms. The van der Waals surface area contributed by atoms with Gasteiger partial charge in [-0.3, -0.25) is 4.79 Å². The van der Waals surface area contributed by atoms with Gasteiger partial charge in [-0.15, -0.1) is 0 Å². The van der Waals surface area contributed by atoms with Crippen molar-refractivity contribution in [3.63, 3.8) is 0 Å². The van der Waals surface area contributed by atoms with Crippen LogP contribution in [0.4, 0.5) is 0 Å². The van der Waals surface area contributed by atoms with E-state index in [4.69, 9.17) is 4.74 Å². The fraction of sp³-hybridized carbons (Fsp3) is 0.421. The Kier molecular flexibility index (Phi) is 6.56. The maximum absolute atomic E-state index is 12.0. The molecule has 2 unspecified atom stereocenters. The highest BCUT2D eigenvalue weighted by molar-refractivity contribution is 5.83. The SMILES string of the molecule is COCCCC(C)C(=O)NCC(O)c1ccc2ccccc2c1. The number of hydrogen-bond donors (Lipinski definition) is 2. The third kappa shape index (κ3) is 5.05. The summed E-state index contributed by atoms with van der Waals surface area (Å²) < 4.78 is 4.99. The van der Waals surface area contributed by atoms with Gasteiger partial charge >= 0.3 is 0 Å². The van der Waals surface area contributed by atoms with Crippen LogP contribution in [0, 0.1) is 5.92 Å². The van der Waals surface area contributed by atoms with E-state index in [0.29, 0.717) is 6.61 Å². The Balaban J connectivity index is 1.87. The van der Waals surface area contributed by atoms with E-state index in [1.807, 2.05) is 49.4 Å². The van der Waals surface area contributed by atoms with Crippen molar-refractivity contribution in [2.75, 3.05) is 20.3 Å². The Morgan fingerprint density at radius 2 is 1.96 bits per heavy atom. The average molecular weight is 315 g/mol. The molecule has 2 aromatic carbocycles. The Hall–Kier alpha value is -1.91. The lowest BCUT2D eigenvalue weighted by Crippen LogP contribution is -2.32. The normalized spacial score (nSPS) is 13.7. The molecule has 0 aliphatic carbocycles. The number of hydrogen-bond acceptors (Lipinski definition) is 3. The highest BCUT2D eigenvalue weighted by Gasteiger charge is 2.15. The average Bonchev–Trinajstić information content (AvgIpc) is 2.59. The molecule has 1 amide bonds. The van der Waals surface area contributed by atoms with Crippen molar-refractivity contribution in [2.24, 2.45) is 5.92 Å². The lowest BCUT2D eigenvalue weighted by molar-refractivity contribution is -0.125. The summed E-state index contributed by atoms with van der Waals surface area (Å²) in [6, 6.07) is 13.9. The molecule has 0 saturated carbocycles. The number of aliphatic hydroxyl groups excluding tert-OH is 1.